The van der Waals surface area contributed by atoms with Crippen molar-refractivity contribution in [2.75, 3.05) is 10.8 Å². The van der Waals surface area contributed by atoms with Crippen molar-refractivity contribution in [3.63, 3.8) is 0 Å². The lowest BCUT2D eigenvalue weighted by atomic mass is 10.0. The lowest BCUT2D eigenvalue weighted by Gasteiger charge is -2.33. The van der Waals surface area contributed by atoms with Gasteiger partial charge in [-0.3, -0.25) is 9.10 Å². The third kappa shape index (κ3) is 2.64. The number of ketones is 1. The minimum Gasteiger partial charge on any atom is -0.293 e. The fraction of sp³-hybridized carbons (Fsp3) is 0.235. The number of rotatable bonds is 3. The maximum atomic E-state index is 12.8. The lowest BCUT2D eigenvalue weighted by Crippen LogP contribution is -2.47. The highest BCUT2D eigenvalue weighted by atomic mass is 32.2. The summed E-state index contributed by atoms with van der Waals surface area (Å²) in [5.41, 5.74) is 1.07. The number of Topliss-reactive ketones (excluding diaryl/α,β-unsaturated/α-hetero) is 1. The van der Waals surface area contributed by atoms with Crippen LogP contribution in [0.4, 0.5) is 5.69 Å². The normalized spacial score (nSPS) is 20.5. The molecule has 1 aliphatic rings. The fourth-order valence-electron chi connectivity index (χ4n) is 2.78. The summed E-state index contributed by atoms with van der Waals surface area (Å²) in [5.74, 6) is -0.318. The molecular formula is C17H17NO3S. The van der Waals surface area contributed by atoms with Gasteiger partial charge in [-0.05, 0) is 25.0 Å². The van der Waals surface area contributed by atoms with Gasteiger partial charge in [-0.15, -0.1) is 0 Å². The molecule has 0 bridgehead atoms. The molecule has 114 valence electrons. The van der Waals surface area contributed by atoms with E-state index < -0.39 is 15.3 Å². The Bertz CT molecular complexity index is 757. The Kier molecular flexibility index (Phi) is 3.98. The summed E-state index contributed by atoms with van der Waals surface area (Å²) in [6.45, 7) is 0.422. The number of hydrogen-bond donors (Lipinski definition) is 0. The minimum absolute atomic E-state index is 0.318. The van der Waals surface area contributed by atoms with Gasteiger partial charge in [0.25, 0.3) is 0 Å². The summed E-state index contributed by atoms with van der Waals surface area (Å²) < 4.78 is 27.0. The molecule has 3 rings (SSSR count). The van der Waals surface area contributed by atoms with E-state index in [4.69, 9.17) is 0 Å². The minimum atomic E-state index is -3.68. The van der Waals surface area contributed by atoms with Crippen molar-refractivity contribution >= 4 is 21.5 Å². The van der Waals surface area contributed by atoms with Crippen LogP contribution in [0, 0.1) is 0 Å². The summed E-state index contributed by atoms with van der Waals surface area (Å²) in [7, 11) is -3.68. The molecule has 1 heterocycles. The molecule has 0 saturated carbocycles. The summed E-state index contributed by atoms with van der Waals surface area (Å²) in [5, 5.41) is -0.996. The number of carbonyl (C=O) groups is 1. The van der Waals surface area contributed by atoms with Crippen molar-refractivity contribution in [2.24, 2.45) is 0 Å². The Morgan fingerprint density at radius 1 is 0.955 bits per heavy atom. The van der Waals surface area contributed by atoms with E-state index in [0.717, 1.165) is 0 Å². The molecule has 1 atom stereocenters. The standard InChI is InChI=1S/C17H17NO3S/c19-17(14-8-3-1-4-9-14)16-12-7-13-18(22(16,20)21)15-10-5-2-6-11-15/h1-6,8-11,16H,7,12-13H2. The molecule has 0 radical (unpaired) electrons. The molecule has 1 saturated heterocycles. The Morgan fingerprint density at radius 3 is 2.18 bits per heavy atom. The van der Waals surface area contributed by atoms with Gasteiger partial charge >= 0.3 is 0 Å². The zero-order chi connectivity index (χ0) is 15.6. The highest BCUT2D eigenvalue weighted by Gasteiger charge is 2.40. The van der Waals surface area contributed by atoms with Gasteiger partial charge in [0, 0.05) is 12.1 Å². The average molecular weight is 315 g/mol. The molecule has 0 aromatic heterocycles. The predicted molar refractivity (Wildman–Crippen MR) is 86.5 cm³/mol. The molecule has 4 nitrogen and oxygen atoms in total. The summed E-state index contributed by atoms with van der Waals surface area (Å²) >= 11 is 0. The molecule has 5 heteroatoms. The summed E-state index contributed by atoms with van der Waals surface area (Å²) in [6, 6.07) is 17.6. The first kappa shape index (κ1) is 14.8. The van der Waals surface area contributed by atoms with Crippen molar-refractivity contribution in [1.29, 1.82) is 0 Å². The number of carbonyl (C=O) groups excluding carboxylic acids is 1. The second kappa shape index (κ2) is 5.93. The third-order valence-corrected chi connectivity index (χ3v) is 6.07. The monoisotopic (exact) mass is 315 g/mol. The van der Waals surface area contributed by atoms with E-state index in [2.05, 4.69) is 0 Å². The molecule has 0 aliphatic carbocycles. The number of hydrogen-bond acceptors (Lipinski definition) is 3. The lowest BCUT2D eigenvalue weighted by molar-refractivity contribution is 0.0981. The molecule has 0 spiro atoms. The van der Waals surface area contributed by atoms with E-state index in [0.29, 0.717) is 30.6 Å². The molecule has 2 aromatic carbocycles. The first-order valence-corrected chi connectivity index (χ1v) is 8.77. The van der Waals surface area contributed by atoms with Gasteiger partial charge in [0.2, 0.25) is 10.0 Å². The molecule has 0 amide bonds. The van der Waals surface area contributed by atoms with Crippen molar-refractivity contribution in [1.82, 2.24) is 0 Å². The SMILES string of the molecule is O=C(c1ccccc1)C1CCCN(c2ccccc2)S1(=O)=O. The van der Waals surface area contributed by atoms with E-state index in [9.17, 15) is 13.2 Å². The van der Waals surface area contributed by atoms with Gasteiger partial charge in [-0.1, -0.05) is 48.5 Å². The molecule has 1 aliphatic heterocycles. The van der Waals surface area contributed by atoms with Gasteiger partial charge in [0.1, 0.15) is 5.25 Å². The van der Waals surface area contributed by atoms with Crippen LogP contribution in [0.3, 0.4) is 0 Å². The van der Waals surface area contributed by atoms with Crippen LogP contribution in [0.1, 0.15) is 23.2 Å². The quantitative estimate of drug-likeness (QED) is 0.818. The van der Waals surface area contributed by atoms with Crippen molar-refractivity contribution in [3.8, 4) is 0 Å². The van der Waals surface area contributed by atoms with E-state index in [1.54, 1.807) is 48.5 Å². The Hall–Kier alpha value is -2.14. The van der Waals surface area contributed by atoms with Crippen LogP contribution in [0.5, 0.6) is 0 Å². The van der Waals surface area contributed by atoms with E-state index in [1.807, 2.05) is 12.1 Å². The van der Waals surface area contributed by atoms with Crippen LogP contribution >= 0.6 is 0 Å². The van der Waals surface area contributed by atoms with Gasteiger partial charge in [0.05, 0.1) is 5.69 Å². The highest BCUT2D eigenvalue weighted by Crippen LogP contribution is 2.29. The summed E-state index contributed by atoms with van der Waals surface area (Å²) in [6.07, 6.45) is 1.05. The van der Waals surface area contributed by atoms with Crippen molar-refractivity contribution in [3.05, 3.63) is 66.2 Å². The van der Waals surface area contributed by atoms with Gasteiger partial charge < -0.3 is 0 Å². The Balaban J connectivity index is 1.95. The second-order valence-corrected chi connectivity index (χ2v) is 7.35. The molecular weight excluding hydrogens is 298 g/mol. The molecule has 2 aromatic rings. The van der Waals surface area contributed by atoms with E-state index in [-0.39, 0.29) is 5.78 Å². The first-order chi connectivity index (χ1) is 10.6. The van der Waals surface area contributed by atoms with Crippen molar-refractivity contribution in [2.45, 2.75) is 18.1 Å². The molecule has 1 fully saturated rings. The van der Waals surface area contributed by atoms with Gasteiger partial charge in [-0.25, -0.2) is 8.42 Å². The smallest absolute Gasteiger partial charge is 0.245 e. The van der Waals surface area contributed by atoms with E-state index >= 15 is 0 Å². The van der Waals surface area contributed by atoms with Crippen LogP contribution < -0.4 is 4.31 Å². The third-order valence-electron chi connectivity index (χ3n) is 3.89. The first-order valence-electron chi connectivity index (χ1n) is 7.26. The summed E-state index contributed by atoms with van der Waals surface area (Å²) in [4.78, 5) is 12.6. The van der Waals surface area contributed by atoms with Crippen LogP contribution in [-0.4, -0.2) is 26.0 Å². The van der Waals surface area contributed by atoms with Crippen LogP contribution in [0.15, 0.2) is 60.7 Å². The van der Waals surface area contributed by atoms with Crippen LogP contribution in [-0.2, 0) is 10.0 Å². The molecule has 0 N–H and O–H groups in total. The average Bonchev–Trinajstić information content (AvgIpc) is 2.55. The van der Waals surface area contributed by atoms with Gasteiger partial charge in [0.15, 0.2) is 5.78 Å². The maximum absolute atomic E-state index is 12.8. The van der Waals surface area contributed by atoms with Crippen molar-refractivity contribution < 1.29 is 13.2 Å². The number of para-hydroxylation sites is 1. The fourth-order valence-corrected chi connectivity index (χ4v) is 4.75. The van der Waals surface area contributed by atoms with Crippen LogP contribution in [0.2, 0.25) is 0 Å². The van der Waals surface area contributed by atoms with E-state index in [1.165, 1.54) is 4.31 Å². The van der Waals surface area contributed by atoms with Gasteiger partial charge in [-0.2, -0.15) is 0 Å². The molecule has 1 unspecified atom stereocenters. The number of anilines is 1. The largest absolute Gasteiger partial charge is 0.293 e. The topological polar surface area (TPSA) is 54.5 Å². The molecule has 22 heavy (non-hydrogen) atoms. The zero-order valence-corrected chi connectivity index (χ0v) is 12.9. The Morgan fingerprint density at radius 2 is 1.55 bits per heavy atom. The highest BCUT2D eigenvalue weighted by molar-refractivity contribution is 7.94. The maximum Gasteiger partial charge on any atom is 0.245 e. The Labute approximate surface area is 130 Å². The number of sulfonamides is 1. The van der Waals surface area contributed by atoms with Crippen LogP contribution in [0.25, 0.3) is 0 Å². The number of benzene rings is 2. The number of nitrogens with zero attached hydrogens (tertiary/aromatic N) is 1. The predicted octanol–water partition coefficient (Wildman–Crippen LogP) is 2.87. The zero-order valence-electron chi connectivity index (χ0n) is 12.1. The second-order valence-electron chi connectivity index (χ2n) is 5.31.